The molecule has 1 aromatic carbocycles. The molecule has 1 aromatic rings. The summed E-state index contributed by atoms with van der Waals surface area (Å²) in [6, 6.07) is 6.39. The number of aliphatic hydroxyl groups is 1. The van der Waals surface area contributed by atoms with E-state index in [9.17, 15) is 5.11 Å². The molecule has 1 aliphatic rings. The molecule has 3 N–H and O–H groups in total. The van der Waals surface area contributed by atoms with Crippen LogP contribution in [0, 0.1) is 0 Å². The number of β-amino-alcohol motifs (C(OH)–C–C–N with tert-alkyl or cyclic N) is 1. The third-order valence-corrected chi connectivity index (χ3v) is 4.18. The molecule has 4 nitrogen and oxygen atoms in total. The molecule has 0 spiro atoms. The molecule has 0 bridgehead atoms. The van der Waals surface area contributed by atoms with Gasteiger partial charge in [0, 0.05) is 24.3 Å². The maximum atomic E-state index is 9.75. The number of hydrogen-bond acceptors (Lipinski definition) is 4. The molecule has 20 heavy (non-hydrogen) atoms. The predicted molar refractivity (Wildman–Crippen MR) is 82.0 cm³/mol. The molecule has 1 unspecified atom stereocenters. The van der Waals surface area contributed by atoms with Crippen molar-refractivity contribution in [2.45, 2.75) is 44.8 Å². The number of nitrogens with zero attached hydrogens (tertiary/aromatic N) is 1. The minimum atomic E-state index is -0.147. The number of rotatable bonds is 6. The lowest BCUT2D eigenvalue weighted by molar-refractivity contribution is 0.174. The Bertz CT molecular complexity index is 436. The van der Waals surface area contributed by atoms with Crippen LogP contribution < -0.4 is 10.5 Å². The highest BCUT2D eigenvalue weighted by Crippen LogP contribution is 2.24. The van der Waals surface area contributed by atoms with E-state index in [1.165, 1.54) is 5.56 Å². The number of aliphatic hydroxyl groups excluding tert-OH is 1. The van der Waals surface area contributed by atoms with Gasteiger partial charge in [0.25, 0.3) is 0 Å². The molecule has 0 amide bonds. The van der Waals surface area contributed by atoms with Crippen molar-refractivity contribution in [1.29, 1.82) is 0 Å². The number of benzene rings is 1. The van der Waals surface area contributed by atoms with Crippen LogP contribution in [0.2, 0.25) is 0 Å². The van der Waals surface area contributed by atoms with Crippen LogP contribution in [-0.4, -0.2) is 42.4 Å². The Morgan fingerprint density at radius 3 is 2.95 bits per heavy atom. The van der Waals surface area contributed by atoms with Gasteiger partial charge in [-0.25, -0.2) is 0 Å². The summed E-state index contributed by atoms with van der Waals surface area (Å²) in [6.07, 6.45) is 3.94. The normalized spacial score (nSPS) is 23.1. The van der Waals surface area contributed by atoms with Crippen molar-refractivity contribution in [1.82, 2.24) is 4.90 Å². The average molecular weight is 278 g/mol. The van der Waals surface area contributed by atoms with Crippen molar-refractivity contribution in [2.75, 3.05) is 25.9 Å². The zero-order valence-electron chi connectivity index (χ0n) is 12.5. The highest BCUT2D eigenvalue weighted by atomic mass is 16.5. The van der Waals surface area contributed by atoms with E-state index in [0.29, 0.717) is 6.04 Å². The van der Waals surface area contributed by atoms with E-state index in [-0.39, 0.29) is 6.10 Å². The summed E-state index contributed by atoms with van der Waals surface area (Å²) in [6.45, 7) is 4.04. The van der Waals surface area contributed by atoms with Gasteiger partial charge in [0.2, 0.25) is 0 Å². The van der Waals surface area contributed by atoms with E-state index in [0.717, 1.165) is 50.2 Å². The van der Waals surface area contributed by atoms with Gasteiger partial charge in [0.1, 0.15) is 5.75 Å². The lowest BCUT2D eigenvalue weighted by atomic mass is 10.1. The second-order valence-corrected chi connectivity index (χ2v) is 5.62. The first-order chi connectivity index (χ1) is 9.63. The van der Waals surface area contributed by atoms with Crippen LogP contribution in [0.15, 0.2) is 18.2 Å². The summed E-state index contributed by atoms with van der Waals surface area (Å²) >= 11 is 0. The topological polar surface area (TPSA) is 58.7 Å². The summed E-state index contributed by atoms with van der Waals surface area (Å²) in [7, 11) is 1.68. The second-order valence-electron chi connectivity index (χ2n) is 5.62. The molecule has 112 valence electrons. The largest absolute Gasteiger partial charge is 0.496 e. The molecule has 2 rings (SSSR count). The molecule has 1 saturated heterocycles. The number of hydrogen-bond donors (Lipinski definition) is 2. The van der Waals surface area contributed by atoms with Crippen LogP contribution in [0.5, 0.6) is 5.75 Å². The Hall–Kier alpha value is -1.26. The Labute approximate surface area is 121 Å². The minimum absolute atomic E-state index is 0.147. The van der Waals surface area contributed by atoms with Crippen molar-refractivity contribution < 1.29 is 9.84 Å². The maximum absolute atomic E-state index is 9.75. The summed E-state index contributed by atoms with van der Waals surface area (Å²) in [5.74, 6) is 0.874. The van der Waals surface area contributed by atoms with Crippen molar-refractivity contribution in [3.63, 3.8) is 0 Å². The number of likely N-dealkylation sites (tertiary alicyclic amines) is 1. The van der Waals surface area contributed by atoms with E-state index in [1.54, 1.807) is 7.11 Å². The van der Waals surface area contributed by atoms with Gasteiger partial charge < -0.3 is 15.6 Å². The van der Waals surface area contributed by atoms with E-state index in [4.69, 9.17) is 10.5 Å². The van der Waals surface area contributed by atoms with Gasteiger partial charge in [-0.2, -0.15) is 0 Å². The van der Waals surface area contributed by atoms with Crippen molar-refractivity contribution in [3.8, 4) is 5.75 Å². The highest BCUT2D eigenvalue weighted by molar-refractivity contribution is 5.48. The van der Waals surface area contributed by atoms with Gasteiger partial charge in [-0.05, 0) is 43.9 Å². The zero-order chi connectivity index (χ0) is 14.5. The molecule has 2 atom stereocenters. The molecule has 0 saturated carbocycles. The number of methoxy groups -OCH3 is 1. The Morgan fingerprint density at radius 1 is 1.45 bits per heavy atom. The number of aryl methyl sites for hydroxylation is 1. The molecule has 0 aliphatic carbocycles. The van der Waals surface area contributed by atoms with Crippen LogP contribution in [0.3, 0.4) is 0 Å². The first-order valence-electron chi connectivity index (χ1n) is 7.48. The molecule has 1 heterocycles. The van der Waals surface area contributed by atoms with E-state index >= 15 is 0 Å². The predicted octanol–water partition coefficient (Wildman–Crippen LogP) is 2.06. The summed E-state index contributed by atoms with van der Waals surface area (Å²) < 4.78 is 5.37. The monoisotopic (exact) mass is 278 g/mol. The summed E-state index contributed by atoms with van der Waals surface area (Å²) in [5.41, 5.74) is 7.71. The number of nitrogen functional groups attached to an aromatic ring is 1. The third-order valence-electron chi connectivity index (χ3n) is 4.18. The van der Waals surface area contributed by atoms with Crippen molar-refractivity contribution >= 4 is 5.69 Å². The standard InChI is InChI=1S/C16H26N2O2/c1-3-14-10-15(19)11-18(14)8-4-5-12-6-7-13(17)9-16(12)20-2/h6-7,9,14-15,19H,3-5,8,10-11,17H2,1-2H3/t14?,15-/m1/s1. The fourth-order valence-corrected chi connectivity index (χ4v) is 3.10. The Balaban J connectivity index is 1.87. The highest BCUT2D eigenvalue weighted by Gasteiger charge is 2.28. The summed E-state index contributed by atoms with van der Waals surface area (Å²) in [5, 5.41) is 9.75. The van der Waals surface area contributed by atoms with Gasteiger partial charge in [0.15, 0.2) is 0 Å². The van der Waals surface area contributed by atoms with Crippen LogP contribution in [0.4, 0.5) is 5.69 Å². The maximum Gasteiger partial charge on any atom is 0.124 e. The van der Waals surface area contributed by atoms with Gasteiger partial charge in [-0.1, -0.05) is 13.0 Å². The number of anilines is 1. The Kier molecular flexibility index (Phi) is 5.26. The smallest absolute Gasteiger partial charge is 0.124 e. The van der Waals surface area contributed by atoms with Gasteiger partial charge in [-0.3, -0.25) is 4.90 Å². The van der Waals surface area contributed by atoms with E-state index < -0.39 is 0 Å². The summed E-state index contributed by atoms with van der Waals surface area (Å²) in [4.78, 5) is 2.41. The van der Waals surface area contributed by atoms with E-state index in [1.807, 2.05) is 18.2 Å². The molecule has 0 radical (unpaired) electrons. The quantitative estimate of drug-likeness (QED) is 0.782. The van der Waals surface area contributed by atoms with Crippen LogP contribution in [0.1, 0.15) is 31.7 Å². The Morgan fingerprint density at radius 2 is 2.25 bits per heavy atom. The molecule has 1 fully saturated rings. The first-order valence-corrected chi connectivity index (χ1v) is 7.48. The molecular formula is C16H26N2O2. The van der Waals surface area contributed by atoms with Crippen molar-refractivity contribution in [3.05, 3.63) is 23.8 Å². The fraction of sp³-hybridized carbons (Fsp3) is 0.625. The lowest BCUT2D eigenvalue weighted by Gasteiger charge is -2.22. The molecular weight excluding hydrogens is 252 g/mol. The van der Waals surface area contributed by atoms with Crippen LogP contribution >= 0.6 is 0 Å². The zero-order valence-corrected chi connectivity index (χ0v) is 12.5. The first kappa shape index (κ1) is 15.1. The van der Waals surface area contributed by atoms with Gasteiger partial charge in [0.05, 0.1) is 13.2 Å². The SMILES string of the molecule is CCC1C[C@@H](O)CN1CCCc1ccc(N)cc1OC. The minimum Gasteiger partial charge on any atom is -0.496 e. The van der Waals surface area contributed by atoms with Gasteiger partial charge >= 0.3 is 0 Å². The van der Waals surface area contributed by atoms with Crippen LogP contribution in [-0.2, 0) is 6.42 Å². The second kappa shape index (κ2) is 6.95. The lowest BCUT2D eigenvalue weighted by Crippen LogP contribution is -2.30. The number of ether oxygens (including phenoxy) is 1. The third kappa shape index (κ3) is 3.64. The average Bonchev–Trinajstić information content (AvgIpc) is 2.80. The number of nitrogens with two attached hydrogens (primary N) is 1. The van der Waals surface area contributed by atoms with E-state index in [2.05, 4.69) is 11.8 Å². The molecule has 0 aromatic heterocycles. The fourth-order valence-electron chi connectivity index (χ4n) is 3.10. The van der Waals surface area contributed by atoms with Gasteiger partial charge in [-0.15, -0.1) is 0 Å². The molecule has 1 aliphatic heterocycles. The molecule has 4 heteroatoms. The van der Waals surface area contributed by atoms with Crippen molar-refractivity contribution in [2.24, 2.45) is 0 Å². The van der Waals surface area contributed by atoms with Crippen LogP contribution in [0.25, 0.3) is 0 Å².